The van der Waals surface area contributed by atoms with Crippen molar-refractivity contribution in [2.75, 3.05) is 6.54 Å². The van der Waals surface area contributed by atoms with Crippen LogP contribution in [0.25, 0.3) is 0 Å². The van der Waals surface area contributed by atoms with Crippen LogP contribution in [-0.4, -0.2) is 71.2 Å². The average molecular weight is 445 g/mol. The lowest BCUT2D eigenvalue weighted by atomic mass is 10.1. The highest BCUT2D eigenvalue weighted by Crippen LogP contribution is 2.01. The highest BCUT2D eigenvalue weighted by atomic mass is 16.4. The van der Waals surface area contributed by atoms with Crippen molar-refractivity contribution in [2.24, 2.45) is 22.9 Å². The molecule has 0 aromatic carbocycles. The maximum absolute atomic E-state index is 12.3. The highest BCUT2D eigenvalue weighted by Gasteiger charge is 2.26. The molecule has 0 saturated heterocycles. The van der Waals surface area contributed by atoms with E-state index in [1.165, 1.54) is 0 Å². The highest BCUT2D eigenvalue weighted by molar-refractivity contribution is 5.93. The Kier molecular flexibility index (Phi) is 11.8. The molecule has 3 unspecified atom stereocenters. The van der Waals surface area contributed by atoms with Crippen LogP contribution in [0, 0.1) is 0 Å². The van der Waals surface area contributed by atoms with Gasteiger partial charge in [0.2, 0.25) is 35.4 Å². The van der Waals surface area contributed by atoms with E-state index in [0.717, 1.165) is 0 Å². The summed E-state index contributed by atoms with van der Waals surface area (Å²) in [7, 11) is 0. The van der Waals surface area contributed by atoms with Crippen LogP contribution in [0.1, 0.15) is 32.1 Å². The summed E-state index contributed by atoms with van der Waals surface area (Å²) in [5.41, 5.74) is 20.5. The molecular weight excluding hydrogens is 418 g/mol. The van der Waals surface area contributed by atoms with Gasteiger partial charge < -0.3 is 44.0 Å². The van der Waals surface area contributed by atoms with Gasteiger partial charge in [0.1, 0.15) is 12.1 Å². The lowest BCUT2D eigenvalue weighted by Crippen LogP contribution is -2.54. The molecule has 0 spiro atoms. The summed E-state index contributed by atoms with van der Waals surface area (Å²) in [6, 6.07) is -4.05. The van der Waals surface area contributed by atoms with Crippen LogP contribution < -0.4 is 38.9 Å². The van der Waals surface area contributed by atoms with Crippen molar-refractivity contribution in [3.63, 3.8) is 0 Å². The van der Waals surface area contributed by atoms with E-state index in [4.69, 9.17) is 28.0 Å². The summed E-state index contributed by atoms with van der Waals surface area (Å²) < 4.78 is 0. The lowest BCUT2D eigenvalue weighted by molar-refractivity contribution is -0.143. The molecule has 0 heterocycles. The minimum absolute atomic E-state index is 0.0792. The molecule has 12 N–H and O–H groups in total. The van der Waals surface area contributed by atoms with Crippen LogP contribution >= 0.6 is 0 Å². The monoisotopic (exact) mass is 445 g/mol. The second-order valence-corrected chi connectivity index (χ2v) is 6.52. The molecular formula is C16H27N7O8. The zero-order valence-electron chi connectivity index (χ0n) is 16.6. The van der Waals surface area contributed by atoms with Crippen molar-refractivity contribution < 1.29 is 38.7 Å². The first-order chi connectivity index (χ1) is 14.3. The minimum Gasteiger partial charge on any atom is -0.480 e. The molecule has 3 atom stereocenters. The van der Waals surface area contributed by atoms with Gasteiger partial charge in [-0.15, -0.1) is 0 Å². The van der Waals surface area contributed by atoms with Crippen molar-refractivity contribution in [3.05, 3.63) is 0 Å². The number of hydrogen-bond acceptors (Lipinski definition) is 8. The topological polar surface area (TPSA) is 280 Å². The average Bonchev–Trinajstić information content (AvgIpc) is 2.65. The van der Waals surface area contributed by atoms with Crippen molar-refractivity contribution in [3.8, 4) is 0 Å². The maximum Gasteiger partial charge on any atom is 0.326 e. The van der Waals surface area contributed by atoms with Gasteiger partial charge in [0, 0.05) is 12.8 Å². The molecule has 0 aliphatic heterocycles. The molecule has 0 bridgehead atoms. The molecule has 15 heteroatoms. The van der Waals surface area contributed by atoms with Crippen LogP contribution in [0.4, 0.5) is 0 Å². The molecule has 0 rings (SSSR count). The molecule has 0 saturated carbocycles. The van der Waals surface area contributed by atoms with Gasteiger partial charge in [-0.1, -0.05) is 0 Å². The van der Waals surface area contributed by atoms with Crippen LogP contribution in [-0.2, 0) is 33.6 Å². The fourth-order valence-corrected chi connectivity index (χ4v) is 2.20. The van der Waals surface area contributed by atoms with E-state index in [-0.39, 0.29) is 25.7 Å². The Balaban J connectivity index is 4.93. The third-order valence-electron chi connectivity index (χ3n) is 3.81. The smallest absolute Gasteiger partial charge is 0.326 e. The second-order valence-electron chi connectivity index (χ2n) is 6.52. The van der Waals surface area contributed by atoms with Crippen molar-refractivity contribution >= 4 is 41.4 Å². The van der Waals surface area contributed by atoms with Crippen molar-refractivity contribution in [1.29, 1.82) is 0 Å². The predicted octanol–water partition coefficient (Wildman–Crippen LogP) is -5.11. The van der Waals surface area contributed by atoms with Gasteiger partial charge in [0.25, 0.3) is 0 Å². The van der Waals surface area contributed by atoms with Crippen LogP contribution in [0.15, 0.2) is 0 Å². The van der Waals surface area contributed by atoms with E-state index in [9.17, 15) is 33.6 Å². The summed E-state index contributed by atoms with van der Waals surface area (Å²) in [4.78, 5) is 79.9. The Morgan fingerprint density at radius 2 is 1.29 bits per heavy atom. The number of hydrogen-bond donors (Lipinski definition) is 8. The first kappa shape index (κ1) is 27.2. The van der Waals surface area contributed by atoms with Gasteiger partial charge in [-0.05, 0) is 12.8 Å². The molecule has 174 valence electrons. The standard InChI is InChI=1S/C16H27N7O8/c17-7(1-3-10(18)24)14(28)23-8(2-4-11(19)25)15(29)21-6-13(27)22-9(16(30)31)5-12(20)26/h7-9H,1-6,17H2,(H2,18,24)(H2,19,25)(H2,20,26)(H,21,29)(H,22,27)(H,23,28)(H,30,31). The van der Waals surface area contributed by atoms with E-state index in [1.807, 2.05) is 5.32 Å². The SMILES string of the molecule is NC(=O)CCC(N)C(=O)NC(CCC(N)=O)C(=O)NCC(=O)NC(CC(N)=O)C(=O)O. The maximum atomic E-state index is 12.3. The summed E-state index contributed by atoms with van der Waals surface area (Å²) in [5.74, 6) is -6.52. The Labute approximate surface area is 176 Å². The molecule has 0 aromatic heterocycles. The lowest BCUT2D eigenvalue weighted by Gasteiger charge is -2.20. The van der Waals surface area contributed by atoms with E-state index < -0.39 is 72.5 Å². The molecule has 0 radical (unpaired) electrons. The molecule has 31 heavy (non-hydrogen) atoms. The number of amides is 6. The molecule has 0 aromatic rings. The van der Waals surface area contributed by atoms with Gasteiger partial charge in [-0.25, -0.2) is 4.79 Å². The van der Waals surface area contributed by atoms with E-state index in [0.29, 0.717) is 0 Å². The van der Waals surface area contributed by atoms with Crippen LogP contribution in [0.3, 0.4) is 0 Å². The quantitative estimate of drug-likeness (QED) is 0.119. The third-order valence-corrected chi connectivity index (χ3v) is 3.81. The summed E-state index contributed by atoms with van der Waals surface area (Å²) in [6.45, 7) is -0.696. The third kappa shape index (κ3) is 12.4. The van der Waals surface area contributed by atoms with Crippen LogP contribution in [0.5, 0.6) is 0 Å². The molecule has 6 amide bonds. The zero-order chi connectivity index (χ0) is 24.1. The first-order valence-corrected chi connectivity index (χ1v) is 9.04. The number of nitrogens with two attached hydrogens (primary N) is 4. The Morgan fingerprint density at radius 1 is 0.742 bits per heavy atom. The van der Waals surface area contributed by atoms with Gasteiger partial charge in [0.15, 0.2) is 0 Å². The fourth-order valence-electron chi connectivity index (χ4n) is 2.20. The Bertz CT molecular complexity index is 727. The van der Waals surface area contributed by atoms with E-state index >= 15 is 0 Å². The zero-order valence-corrected chi connectivity index (χ0v) is 16.6. The summed E-state index contributed by atoms with van der Waals surface area (Å²) >= 11 is 0. The molecule has 0 fully saturated rings. The van der Waals surface area contributed by atoms with E-state index in [1.54, 1.807) is 0 Å². The number of aliphatic carboxylic acids is 1. The predicted molar refractivity (Wildman–Crippen MR) is 103 cm³/mol. The number of primary amides is 3. The number of carbonyl (C=O) groups is 7. The van der Waals surface area contributed by atoms with Gasteiger partial charge >= 0.3 is 5.97 Å². The van der Waals surface area contributed by atoms with Gasteiger partial charge in [-0.2, -0.15) is 0 Å². The molecule has 0 aliphatic carbocycles. The fraction of sp³-hybridized carbons (Fsp3) is 0.562. The number of carbonyl (C=O) groups excluding carboxylic acids is 6. The van der Waals surface area contributed by atoms with Gasteiger partial charge in [0.05, 0.1) is 19.0 Å². The van der Waals surface area contributed by atoms with Crippen molar-refractivity contribution in [2.45, 2.75) is 50.2 Å². The summed E-state index contributed by atoms with van der Waals surface area (Å²) in [5, 5.41) is 15.4. The molecule has 0 aliphatic rings. The summed E-state index contributed by atoms with van der Waals surface area (Å²) in [6.07, 6.45) is -1.39. The number of carboxylic acids is 1. The number of rotatable bonds is 15. The largest absolute Gasteiger partial charge is 0.480 e. The number of nitrogens with one attached hydrogen (secondary N) is 3. The normalized spacial score (nSPS) is 13.2. The first-order valence-electron chi connectivity index (χ1n) is 9.04. The van der Waals surface area contributed by atoms with E-state index in [2.05, 4.69) is 10.6 Å². The number of carboxylic acid groups (broad SMARTS) is 1. The second kappa shape index (κ2) is 13.5. The molecule has 15 nitrogen and oxygen atoms in total. The Morgan fingerprint density at radius 3 is 1.77 bits per heavy atom. The van der Waals surface area contributed by atoms with Crippen LogP contribution in [0.2, 0.25) is 0 Å². The van der Waals surface area contributed by atoms with Gasteiger partial charge in [-0.3, -0.25) is 28.8 Å². The minimum atomic E-state index is -1.59. The van der Waals surface area contributed by atoms with Crippen molar-refractivity contribution in [1.82, 2.24) is 16.0 Å². The Hall–Kier alpha value is -3.75.